The van der Waals surface area contributed by atoms with Gasteiger partial charge in [0, 0.05) is 18.3 Å². The Kier molecular flexibility index (Phi) is 3.54. The van der Waals surface area contributed by atoms with Gasteiger partial charge in [-0.3, -0.25) is 4.68 Å². The van der Waals surface area contributed by atoms with Gasteiger partial charge >= 0.3 is 0 Å². The summed E-state index contributed by atoms with van der Waals surface area (Å²) in [6.45, 7) is 0.299. The second-order valence-corrected chi connectivity index (χ2v) is 4.36. The largest absolute Gasteiger partial charge is 0.325 e. The van der Waals surface area contributed by atoms with E-state index in [4.69, 9.17) is 5.73 Å². The predicted octanol–water partition coefficient (Wildman–Crippen LogP) is 2.43. The number of hydrogen-bond acceptors (Lipinski definition) is 2. The van der Waals surface area contributed by atoms with Gasteiger partial charge in [0.15, 0.2) is 0 Å². The number of rotatable bonds is 3. The SMILES string of the molecule is NCc1ccnn1Cc1c(F)ccc(Br)c1F. The van der Waals surface area contributed by atoms with Gasteiger partial charge in [-0.25, -0.2) is 8.78 Å². The third kappa shape index (κ3) is 2.37. The lowest BCUT2D eigenvalue weighted by Crippen LogP contribution is -2.12. The van der Waals surface area contributed by atoms with Crippen LogP contribution in [0, 0.1) is 11.6 Å². The zero-order valence-corrected chi connectivity index (χ0v) is 10.4. The summed E-state index contributed by atoms with van der Waals surface area (Å²) < 4.78 is 29.0. The van der Waals surface area contributed by atoms with Gasteiger partial charge in [0.2, 0.25) is 0 Å². The van der Waals surface area contributed by atoms with Crippen molar-refractivity contribution in [1.29, 1.82) is 0 Å². The third-order valence-electron chi connectivity index (χ3n) is 2.46. The molecule has 2 aromatic rings. The fourth-order valence-electron chi connectivity index (χ4n) is 1.54. The first-order valence-corrected chi connectivity index (χ1v) is 5.76. The van der Waals surface area contributed by atoms with E-state index in [2.05, 4.69) is 21.0 Å². The number of nitrogens with two attached hydrogens (primary N) is 1. The monoisotopic (exact) mass is 301 g/mol. The van der Waals surface area contributed by atoms with Crippen molar-refractivity contribution in [2.24, 2.45) is 5.73 Å². The second-order valence-electron chi connectivity index (χ2n) is 3.51. The van der Waals surface area contributed by atoms with Crippen molar-refractivity contribution < 1.29 is 8.78 Å². The molecule has 0 saturated carbocycles. The Morgan fingerprint density at radius 1 is 1.29 bits per heavy atom. The lowest BCUT2D eigenvalue weighted by Gasteiger charge is -2.09. The molecular weight excluding hydrogens is 292 g/mol. The molecule has 2 N–H and O–H groups in total. The van der Waals surface area contributed by atoms with Gasteiger partial charge in [0.25, 0.3) is 0 Å². The van der Waals surface area contributed by atoms with Gasteiger partial charge in [0.1, 0.15) is 11.6 Å². The first-order valence-electron chi connectivity index (χ1n) is 4.96. The minimum absolute atomic E-state index is 0.0244. The Balaban J connectivity index is 2.39. The Labute approximate surface area is 105 Å². The van der Waals surface area contributed by atoms with Crippen LogP contribution >= 0.6 is 15.9 Å². The highest BCUT2D eigenvalue weighted by Crippen LogP contribution is 2.22. The molecule has 2 rings (SSSR count). The van der Waals surface area contributed by atoms with Crippen molar-refractivity contribution in [3.8, 4) is 0 Å². The van der Waals surface area contributed by atoms with E-state index >= 15 is 0 Å². The molecule has 0 atom stereocenters. The first-order chi connectivity index (χ1) is 8.13. The molecule has 1 aromatic heterocycles. The number of hydrogen-bond donors (Lipinski definition) is 1. The molecule has 0 radical (unpaired) electrons. The Morgan fingerprint density at radius 3 is 2.76 bits per heavy atom. The lowest BCUT2D eigenvalue weighted by molar-refractivity contribution is 0.523. The summed E-state index contributed by atoms with van der Waals surface area (Å²) >= 11 is 3.02. The molecule has 0 aliphatic carbocycles. The summed E-state index contributed by atoms with van der Waals surface area (Å²) in [6.07, 6.45) is 1.55. The molecule has 0 fully saturated rings. The second kappa shape index (κ2) is 4.93. The van der Waals surface area contributed by atoms with Crippen molar-refractivity contribution in [1.82, 2.24) is 9.78 Å². The topological polar surface area (TPSA) is 43.8 Å². The minimum Gasteiger partial charge on any atom is -0.325 e. The van der Waals surface area contributed by atoms with Crippen molar-refractivity contribution >= 4 is 15.9 Å². The van der Waals surface area contributed by atoms with Gasteiger partial charge in [-0.05, 0) is 34.1 Å². The zero-order valence-electron chi connectivity index (χ0n) is 8.83. The van der Waals surface area contributed by atoms with Crippen LogP contribution in [-0.4, -0.2) is 9.78 Å². The molecule has 6 heteroatoms. The van der Waals surface area contributed by atoms with E-state index < -0.39 is 11.6 Å². The maximum atomic E-state index is 13.7. The molecule has 1 aromatic carbocycles. The van der Waals surface area contributed by atoms with E-state index in [0.29, 0.717) is 0 Å². The van der Waals surface area contributed by atoms with Gasteiger partial charge in [-0.2, -0.15) is 5.10 Å². The summed E-state index contributed by atoms with van der Waals surface area (Å²) in [6, 6.07) is 4.27. The molecule has 0 spiro atoms. The number of benzene rings is 1. The molecule has 0 saturated heterocycles. The molecular formula is C11H10BrF2N3. The van der Waals surface area contributed by atoms with E-state index in [1.807, 2.05) is 0 Å². The van der Waals surface area contributed by atoms with Gasteiger partial charge in [0.05, 0.1) is 16.7 Å². The van der Waals surface area contributed by atoms with Crippen LogP contribution in [0.4, 0.5) is 8.78 Å². The maximum Gasteiger partial charge on any atom is 0.145 e. The Bertz CT molecular complexity index is 540. The summed E-state index contributed by atoms with van der Waals surface area (Å²) in [5, 5.41) is 3.98. The number of halogens is 3. The van der Waals surface area contributed by atoms with E-state index in [-0.39, 0.29) is 23.1 Å². The molecule has 17 heavy (non-hydrogen) atoms. The summed E-state index contributed by atoms with van der Waals surface area (Å²) in [5.41, 5.74) is 6.19. The van der Waals surface area contributed by atoms with Crippen LogP contribution in [0.3, 0.4) is 0 Å². The first kappa shape index (κ1) is 12.2. The third-order valence-corrected chi connectivity index (χ3v) is 3.07. The van der Waals surface area contributed by atoms with Crippen LogP contribution in [0.25, 0.3) is 0 Å². The van der Waals surface area contributed by atoms with Crippen LogP contribution < -0.4 is 5.73 Å². The highest BCUT2D eigenvalue weighted by Gasteiger charge is 2.14. The van der Waals surface area contributed by atoms with Crippen LogP contribution in [0.2, 0.25) is 0 Å². The van der Waals surface area contributed by atoms with E-state index in [1.165, 1.54) is 16.8 Å². The van der Waals surface area contributed by atoms with Crippen LogP contribution in [0.15, 0.2) is 28.9 Å². The van der Waals surface area contributed by atoms with Gasteiger partial charge in [-0.15, -0.1) is 0 Å². The Hall–Kier alpha value is -1.27. The molecule has 1 heterocycles. The van der Waals surface area contributed by atoms with E-state index in [9.17, 15) is 8.78 Å². The molecule has 0 amide bonds. The van der Waals surface area contributed by atoms with Crippen molar-refractivity contribution in [3.05, 3.63) is 51.8 Å². The van der Waals surface area contributed by atoms with Crippen LogP contribution in [0.1, 0.15) is 11.3 Å². The van der Waals surface area contributed by atoms with Crippen LogP contribution in [-0.2, 0) is 13.1 Å². The molecule has 90 valence electrons. The van der Waals surface area contributed by atoms with Crippen molar-refractivity contribution in [3.63, 3.8) is 0 Å². The normalized spacial score (nSPS) is 10.8. The highest BCUT2D eigenvalue weighted by atomic mass is 79.9. The molecule has 0 aliphatic rings. The molecule has 0 aliphatic heterocycles. The van der Waals surface area contributed by atoms with Crippen molar-refractivity contribution in [2.75, 3.05) is 0 Å². The highest BCUT2D eigenvalue weighted by molar-refractivity contribution is 9.10. The predicted molar refractivity (Wildman–Crippen MR) is 63.3 cm³/mol. The summed E-state index contributed by atoms with van der Waals surface area (Å²) in [4.78, 5) is 0. The smallest absolute Gasteiger partial charge is 0.145 e. The fourth-order valence-corrected chi connectivity index (χ4v) is 1.91. The summed E-state index contributed by atoms with van der Waals surface area (Å²) in [5.74, 6) is -1.20. The zero-order chi connectivity index (χ0) is 12.4. The summed E-state index contributed by atoms with van der Waals surface area (Å²) in [7, 11) is 0. The van der Waals surface area contributed by atoms with Crippen LogP contribution in [0.5, 0.6) is 0 Å². The van der Waals surface area contributed by atoms with E-state index in [1.54, 1.807) is 12.3 Å². The molecule has 0 bridgehead atoms. The minimum atomic E-state index is -0.608. The number of nitrogens with zero attached hydrogens (tertiary/aromatic N) is 2. The van der Waals surface area contributed by atoms with Gasteiger partial charge < -0.3 is 5.73 Å². The maximum absolute atomic E-state index is 13.7. The Morgan fingerprint density at radius 2 is 2.06 bits per heavy atom. The lowest BCUT2D eigenvalue weighted by atomic mass is 10.2. The quantitative estimate of drug-likeness (QED) is 0.885. The average molecular weight is 302 g/mol. The number of aromatic nitrogens is 2. The molecule has 0 unspecified atom stereocenters. The van der Waals surface area contributed by atoms with Gasteiger partial charge in [-0.1, -0.05) is 0 Å². The van der Waals surface area contributed by atoms with Crippen molar-refractivity contribution in [2.45, 2.75) is 13.1 Å². The molecule has 3 nitrogen and oxygen atoms in total. The van der Waals surface area contributed by atoms with E-state index in [0.717, 1.165) is 5.69 Å². The average Bonchev–Trinajstić information content (AvgIpc) is 2.77. The fraction of sp³-hybridized carbons (Fsp3) is 0.182. The standard InChI is InChI=1S/C11H10BrF2N3/c12-9-1-2-10(13)8(11(9)14)6-17-7(5-15)3-4-16-17/h1-4H,5-6,15H2.